The minimum atomic E-state index is -1.22. The third-order valence-corrected chi connectivity index (χ3v) is 7.27. The van der Waals surface area contributed by atoms with Gasteiger partial charge in [0.05, 0.1) is 11.3 Å². The first kappa shape index (κ1) is 19.4. The van der Waals surface area contributed by atoms with Crippen molar-refractivity contribution in [2.45, 2.75) is 25.8 Å². The van der Waals surface area contributed by atoms with E-state index in [-0.39, 0.29) is 10.7 Å². The highest BCUT2D eigenvalue weighted by molar-refractivity contribution is 6.23. The molecule has 3 aromatic rings. The van der Waals surface area contributed by atoms with Crippen molar-refractivity contribution in [2.75, 3.05) is 0 Å². The Morgan fingerprint density at radius 1 is 0.710 bits per heavy atom. The summed E-state index contributed by atoms with van der Waals surface area (Å²) in [5.74, 6) is -0.600. The predicted octanol–water partition coefficient (Wildman–Crippen LogP) is 5.64. The van der Waals surface area contributed by atoms with Gasteiger partial charge in [0.15, 0.2) is 5.78 Å². The number of carbonyl (C=O) groups is 1. The molecule has 0 N–H and O–H groups in total. The molecule has 5 rings (SSSR count). The summed E-state index contributed by atoms with van der Waals surface area (Å²) in [4.78, 5) is 26.4. The summed E-state index contributed by atoms with van der Waals surface area (Å²) in [6, 6.07) is 28.0. The van der Waals surface area contributed by atoms with Crippen LogP contribution >= 0.6 is 0 Å². The standard InChI is InChI=1S/C27H23NO3/c1-26-21(18-12-6-3-7-13-18)22(19-14-8-4-9-15-19)27(2,25(26)29)24(28(30)31)23(26)20-16-10-5-11-17-20/h3-17,23-24H,1-2H3/t23-,24+,26-,27+/m1/s1. The van der Waals surface area contributed by atoms with Crippen LogP contribution in [0, 0.1) is 20.9 Å². The molecule has 0 aromatic heterocycles. The molecular formula is C27H23NO3. The van der Waals surface area contributed by atoms with Gasteiger partial charge in [-0.25, -0.2) is 0 Å². The first-order valence-electron chi connectivity index (χ1n) is 10.5. The van der Waals surface area contributed by atoms with Gasteiger partial charge in [-0.1, -0.05) is 91.0 Å². The van der Waals surface area contributed by atoms with Gasteiger partial charge in [-0.2, -0.15) is 0 Å². The van der Waals surface area contributed by atoms with E-state index in [1.165, 1.54) is 0 Å². The van der Waals surface area contributed by atoms with E-state index in [0.29, 0.717) is 0 Å². The van der Waals surface area contributed by atoms with Crippen molar-refractivity contribution >= 4 is 16.9 Å². The molecule has 0 saturated heterocycles. The minimum Gasteiger partial charge on any atom is -0.297 e. The second kappa shape index (κ2) is 6.74. The van der Waals surface area contributed by atoms with Gasteiger partial charge in [0.25, 0.3) is 0 Å². The Balaban J connectivity index is 1.90. The smallest absolute Gasteiger partial charge is 0.237 e. The molecule has 31 heavy (non-hydrogen) atoms. The van der Waals surface area contributed by atoms with E-state index in [4.69, 9.17) is 0 Å². The SMILES string of the molecule is C[C@@]12C(=O)[C@@](C)(C(c3ccccc3)=C1c1ccccc1)[C@@H]([N+](=O)[O-])[C@H]2c1ccccc1. The van der Waals surface area contributed by atoms with Crippen LogP contribution in [0.15, 0.2) is 91.0 Å². The van der Waals surface area contributed by atoms with E-state index in [1.54, 1.807) is 6.92 Å². The summed E-state index contributed by atoms with van der Waals surface area (Å²) in [5, 5.41) is 12.5. The average Bonchev–Trinajstić information content (AvgIpc) is 3.09. The van der Waals surface area contributed by atoms with Crippen molar-refractivity contribution in [3.63, 3.8) is 0 Å². The van der Waals surface area contributed by atoms with Crippen LogP contribution in [0.5, 0.6) is 0 Å². The number of Topliss-reactive ketones (excluding diaryl/α,β-unsaturated/α-hetero) is 1. The average molecular weight is 409 g/mol. The number of nitro groups is 1. The van der Waals surface area contributed by atoms with Crippen LogP contribution < -0.4 is 0 Å². The van der Waals surface area contributed by atoms with Gasteiger partial charge in [-0.05, 0) is 41.7 Å². The molecule has 4 atom stereocenters. The fourth-order valence-corrected chi connectivity index (χ4v) is 6.12. The van der Waals surface area contributed by atoms with Crippen molar-refractivity contribution in [2.24, 2.45) is 10.8 Å². The Morgan fingerprint density at radius 2 is 1.13 bits per heavy atom. The number of rotatable bonds is 4. The molecule has 1 saturated carbocycles. The lowest BCUT2D eigenvalue weighted by molar-refractivity contribution is -0.536. The van der Waals surface area contributed by atoms with Crippen LogP contribution in [-0.2, 0) is 4.79 Å². The first-order chi connectivity index (χ1) is 14.9. The van der Waals surface area contributed by atoms with E-state index in [2.05, 4.69) is 0 Å². The summed E-state index contributed by atoms with van der Waals surface area (Å²) in [5.41, 5.74) is 2.15. The number of ketones is 1. The van der Waals surface area contributed by atoms with E-state index in [1.807, 2.05) is 97.9 Å². The zero-order chi connectivity index (χ0) is 21.8. The molecular weight excluding hydrogens is 386 g/mol. The molecule has 2 bridgehead atoms. The van der Waals surface area contributed by atoms with E-state index < -0.39 is 22.8 Å². The molecule has 4 heteroatoms. The summed E-state index contributed by atoms with van der Waals surface area (Å²) in [7, 11) is 0. The highest BCUT2D eigenvalue weighted by atomic mass is 16.6. The van der Waals surface area contributed by atoms with Gasteiger partial charge in [0, 0.05) is 4.92 Å². The summed E-state index contributed by atoms with van der Waals surface area (Å²) >= 11 is 0. The highest BCUT2D eigenvalue weighted by Crippen LogP contribution is 2.72. The number of carbonyl (C=O) groups excluding carboxylic acids is 1. The Hall–Kier alpha value is -3.53. The molecule has 1 fully saturated rings. The van der Waals surface area contributed by atoms with Gasteiger partial charge < -0.3 is 0 Å². The topological polar surface area (TPSA) is 60.2 Å². The highest BCUT2D eigenvalue weighted by Gasteiger charge is 2.77. The van der Waals surface area contributed by atoms with Gasteiger partial charge in [0.2, 0.25) is 6.04 Å². The molecule has 0 amide bonds. The first-order valence-corrected chi connectivity index (χ1v) is 10.5. The molecule has 2 aliphatic carbocycles. The Morgan fingerprint density at radius 3 is 1.58 bits per heavy atom. The molecule has 0 radical (unpaired) electrons. The maximum Gasteiger partial charge on any atom is 0.237 e. The normalized spacial score (nSPS) is 29.4. The summed E-state index contributed by atoms with van der Waals surface area (Å²) < 4.78 is 0. The third-order valence-electron chi connectivity index (χ3n) is 7.27. The number of benzene rings is 3. The van der Waals surface area contributed by atoms with Crippen LogP contribution in [-0.4, -0.2) is 16.7 Å². The van der Waals surface area contributed by atoms with Crippen LogP contribution in [0.2, 0.25) is 0 Å². The number of allylic oxidation sites excluding steroid dienone is 1. The molecule has 0 aliphatic heterocycles. The molecule has 4 nitrogen and oxygen atoms in total. The minimum absolute atomic E-state index is 0.0618. The van der Waals surface area contributed by atoms with Crippen LogP contribution in [0.1, 0.15) is 36.5 Å². The maximum atomic E-state index is 14.1. The van der Waals surface area contributed by atoms with Crippen molar-refractivity contribution in [3.05, 3.63) is 118 Å². The lowest BCUT2D eigenvalue weighted by atomic mass is 9.63. The zero-order valence-corrected chi connectivity index (χ0v) is 17.5. The number of nitrogens with zero attached hydrogens (tertiary/aromatic N) is 1. The molecule has 0 heterocycles. The molecule has 0 spiro atoms. The zero-order valence-electron chi connectivity index (χ0n) is 17.5. The van der Waals surface area contributed by atoms with Gasteiger partial charge >= 0.3 is 0 Å². The Bertz CT molecular complexity index is 1200. The second-order valence-corrected chi connectivity index (χ2v) is 8.83. The lowest BCUT2D eigenvalue weighted by Crippen LogP contribution is -2.42. The third kappa shape index (κ3) is 2.45. The quantitative estimate of drug-likeness (QED) is 0.414. The van der Waals surface area contributed by atoms with Crippen LogP contribution in [0.25, 0.3) is 11.1 Å². The second-order valence-electron chi connectivity index (χ2n) is 8.83. The van der Waals surface area contributed by atoms with Gasteiger partial charge in [-0.15, -0.1) is 0 Å². The van der Waals surface area contributed by atoms with Crippen LogP contribution in [0.3, 0.4) is 0 Å². The van der Waals surface area contributed by atoms with Crippen LogP contribution in [0.4, 0.5) is 0 Å². The number of hydrogen-bond donors (Lipinski definition) is 0. The fourth-order valence-electron chi connectivity index (χ4n) is 6.12. The summed E-state index contributed by atoms with van der Waals surface area (Å²) in [6.45, 7) is 3.69. The predicted molar refractivity (Wildman–Crippen MR) is 121 cm³/mol. The van der Waals surface area contributed by atoms with E-state index in [0.717, 1.165) is 27.8 Å². The maximum absolute atomic E-state index is 14.1. The molecule has 154 valence electrons. The largest absolute Gasteiger partial charge is 0.297 e. The van der Waals surface area contributed by atoms with Crippen molar-refractivity contribution in [1.29, 1.82) is 0 Å². The summed E-state index contributed by atoms with van der Waals surface area (Å²) in [6.07, 6.45) is 0. The van der Waals surface area contributed by atoms with Crippen molar-refractivity contribution in [1.82, 2.24) is 0 Å². The Labute approximate surface area is 181 Å². The number of hydrogen-bond acceptors (Lipinski definition) is 3. The van der Waals surface area contributed by atoms with E-state index in [9.17, 15) is 14.9 Å². The molecule has 0 unspecified atom stereocenters. The van der Waals surface area contributed by atoms with Gasteiger partial charge in [0.1, 0.15) is 5.41 Å². The van der Waals surface area contributed by atoms with Crippen molar-refractivity contribution < 1.29 is 9.72 Å². The Kier molecular flexibility index (Phi) is 4.23. The lowest BCUT2D eigenvalue weighted by Gasteiger charge is -2.37. The van der Waals surface area contributed by atoms with Gasteiger partial charge in [-0.3, -0.25) is 14.9 Å². The number of fused-ring (bicyclic) bond motifs is 2. The fraction of sp³-hybridized carbons (Fsp3) is 0.222. The monoisotopic (exact) mass is 409 g/mol. The molecule has 3 aromatic carbocycles. The van der Waals surface area contributed by atoms with E-state index >= 15 is 0 Å². The van der Waals surface area contributed by atoms with Crippen molar-refractivity contribution in [3.8, 4) is 0 Å². The molecule has 2 aliphatic rings.